The van der Waals surface area contributed by atoms with Crippen molar-refractivity contribution in [1.29, 1.82) is 0 Å². The molecule has 0 radical (unpaired) electrons. The van der Waals surface area contributed by atoms with Crippen molar-refractivity contribution in [2.75, 3.05) is 11.9 Å². The van der Waals surface area contributed by atoms with Crippen molar-refractivity contribution in [3.05, 3.63) is 65.0 Å². The van der Waals surface area contributed by atoms with Crippen LogP contribution in [0.2, 0.25) is 0 Å². The molecule has 4 aromatic rings. The minimum absolute atomic E-state index is 0.00936. The van der Waals surface area contributed by atoms with Crippen molar-refractivity contribution >= 4 is 28.7 Å². The first-order chi connectivity index (χ1) is 17.8. The van der Waals surface area contributed by atoms with E-state index in [9.17, 15) is 18.4 Å². The van der Waals surface area contributed by atoms with Crippen molar-refractivity contribution in [3.63, 3.8) is 0 Å². The summed E-state index contributed by atoms with van der Waals surface area (Å²) in [5, 5.41) is 10.3. The van der Waals surface area contributed by atoms with Crippen LogP contribution in [0.4, 0.5) is 14.6 Å². The summed E-state index contributed by atoms with van der Waals surface area (Å²) in [6.45, 7) is 7.01. The van der Waals surface area contributed by atoms with Gasteiger partial charge >= 0.3 is 0 Å². The molecule has 1 aromatic carbocycles. The van der Waals surface area contributed by atoms with Crippen LogP contribution in [0.25, 0.3) is 22.6 Å². The zero-order valence-corrected chi connectivity index (χ0v) is 21.3. The number of nitrogens with one attached hydrogen (secondary N) is 2. The number of hydrogen-bond donors (Lipinski definition) is 3. The third-order valence-corrected chi connectivity index (χ3v) is 6.30. The summed E-state index contributed by atoms with van der Waals surface area (Å²) in [6.07, 6.45) is 1.03. The molecule has 1 aliphatic rings. The molecule has 4 N–H and O–H groups in total. The molecule has 0 unspecified atom stereocenters. The van der Waals surface area contributed by atoms with Gasteiger partial charge in [-0.25, -0.2) is 28.4 Å². The Bertz CT molecular complexity index is 1610. The van der Waals surface area contributed by atoms with Crippen LogP contribution < -0.4 is 16.4 Å². The van der Waals surface area contributed by atoms with Crippen LogP contribution in [0.3, 0.4) is 0 Å². The zero-order chi connectivity index (χ0) is 27.4. The van der Waals surface area contributed by atoms with Crippen LogP contribution >= 0.6 is 0 Å². The standard InChI is InChI=1S/C26H26F2N8O2/c1-25(2,29)12-31-23(37)19-17-20(34-24(38)26(17,3)4)33-21(32-19)18-15-9-14(27)10-30-22(15)36(35-18)11-13-7-5-6-8-16(13)28/h5-10H,11-12,29H2,1-4H3,(H,31,37)(H,32,33,34,38). The Morgan fingerprint density at radius 2 is 1.95 bits per heavy atom. The minimum Gasteiger partial charge on any atom is -0.349 e. The fourth-order valence-corrected chi connectivity index (χ4v) is 4.28. The van der Waals surface area contributed by atoms with Crippen LogP contribution in [0.15, 0.2) is 36.5 Å². The van der Waals surface area contributed by atoms with Gasteiger partial charge in [0.05, 0.1) is 23.5 Å². The van der Waals surface area contributed by atoms with E-state index in [2.05, 4.69) is 30.7 Å². The van der Waals surface area contributed by atoms with E-state index in [1.54, 1.807) is 45.9 Å². The number of amides is 2. The molecule has 0 atom stereocenters. The predicted molar refractivity (Wildman–Crippen MR) is 136 cm³/mol. The van der Waals surface area contributed by atoms with Gasteiger partial charge in [-0.15, -0.1) is 0 Å². The topological polar surface area (TPSA) is 141 Å². The third-order valence-electron chi connectivity index (χ3n) is 6.30. The average molecular weight is 521 g/mol. The number of carbonyl (C=O) groups excluding carboxylic acids is 2. The maximum atomic E-state index is 14.4. The molecule has 12 heteroatoms. The number of rotatable bonds is 6. The highest BCUT2D eigenvalue weighted by molar-refractivity contribution is 6.09. The Balaban J connectivity index is 1.68. The smallest absolute Gasteiger partial charge is 0.270 e. The second-order valence-corrected chi connectivity index (χ2v) is 10.5. The van der Waals surface area contributed by atoms with E-state index in [0.29, 0.717) is 11.1 Å². The van der Waals surface area contributed by atoms with Gasteiger partial charge < -0.3 is 16.4 Å². The highest BCUT2D eigenvalue weighted by atomic mass is 19.1. The molecule has 2 amide bonds. The number of hydrogen-bond acceptors (Lipinski definition) is 7. The van der Waals surface area contributed by atoms with Crippen molar-refractivity contribution < 1.29 is 18.4 Å². The molecule has 5 rings (SSSR count). The Morgan fingerprint density at radius 3 is 2.66 bits per heavy atom. The lowest BCUT2D eigenvalue weighted by atomic mass is 9.85. The van der Waals surface area contributed by atoms with Gasteiger partial charge in [-0.3, -0.25) is 9.59 Å². The number of carbonyl (C=O) groups is 2. The normalized spacial score (nSPS) is 14.4. The van der Waals surface area contributed by atoms with Gasteiger partial charge in [0, 0.05) is 23.2 Å². The fraction of sp³-hybridized carbons (Fsp3) is 0.308. The first-order valence-electron chi connectivity index (χ1n) is 11.9. The molecule has 0 saturated carbocycles. The summed E-state index contributed by atoms with van der Waals surface area (Å²) < 4.78 is 30.1. The molecule has 0 saturated heterocycles. The highest BCUT2D eigenvalue weighted by Crippen LogP contribution is 2.39. The molecule has 0 spiro atoms. The molecule has 0 fully saturated rings. The molecule has 3 aromatic heterocycles. The van der Waals surface area contributed by atoms with Gasteiger partial charge in [0.25, 0.3) is 5.91 Å². The largest absolute Gasteiger partial charge is 0.349 e. The van der Waals surface area contributed by atoms with E-state index in [4.69, 9.17) is 5.73 Å². The van der Waals surface area contributed by atoms with E-state index >= 15 is 0 Å². The molecule has 10 nitrogen and oxygen atoms in total. The number of fused-ring (bicyclic) bond motifs is 2. The van der Waals surface area contributed by atoms with E-state index in [0.717, 1.165) is 6.20 Å². The molecule has 4 heterocycles. The molecule has 38 heavy (non-hydrogen) atoms. The Hall–Kier alpha value is -4.32. The maximum absolute atomic E-state index is 14.4. The van der Waals surface area contributed by atoms with Gasteiger partial charge in [-0.05, 0) is 39.8 Å². The first-order valence-corrected chi connectivity index (χ1v) is 11.9. The summed E-state index contributed by atoms with van der Waals surface area (Å²) >= 11 is 0. The van der Waals surface area contributed by atoms with Crippen molar-refractivity contribution in [2.24, 2.45) is 5.73 Å². The second kappa shape index (κ2) is 8.91. The lowest BCUT2D eigenvalue weighted by Gasteiger charge is -2.21. The summed E-state index contributed by atoms with van der Waals surface area (Å²) in [6, 6.07) is 7.43. The Labute approximate surface area is 216 Å². The molecule has 196 valence electrons. The summed E-state index contributed by atoms with van der Waals surface area (Å²) in [5.41, 5.74) is 5.30. The fourth-order valence-electron chi connectivity index (χ4n) is 4.28. The van der Waals surface area contributed by atoms with E-state index in [1.807, 2.05) is 0 Å². The maximum Gasteiger partial charge on any atom is 0.270 e. The molecule has 0 bridgehead atoms. The summed E-state index contributed by atoms with van der Waals surface area (Å²) in [4.78, 5) is 39.2. The third kappa shape index (κ3) is 4.47. The number of anilines is 1. The van der Waals surface area contributed by atoms with Crippen molar-refractivity contribution in [3.8, 4) is 11.5 Å². The summed E-state index contributed by atoms with van der Waals surface area (Å²) in [7, 11) is 0. The monoisotopic (exact) mass is 520 g/mol. The van der Waals surface area contributed by atoms with Gasteiger partial charge in [0.2, 0.25) is 5.91 Å². The molecular weight excluding hydrogens is 494 g/mol. The van der Waals surface area contributed by atoms with Crippen LogP contribution in [-0.4, -0.2) is 48.6 Å². The second-order valence-electron chi connectivity index (χ2n) is 10.5. The molecular formula is C26H26F2N8O2. The van der Waals surface area contributed by atoms with E-state index in [-0.39, 0.29) is 53.1 Å². The van der Waals surface area contributed by atoms with Crippen LogP contribution in [0.5, 0.6) is 0 Å². The van der Waals surface area contributed by atoms with E-state index in [1.165, 1.54) is 16.8 Å². The van der Waals surface area contributed by atoms with Gasteiger partial charge in [0.15, 0.2) is 11.5 Å². The first kappa shape index (κ1) is 25.3. The Morgan fingerprint density at radius 1 is 1.21 bits per heavy atom. The van der Waals surface area contributed by atoms with Crippen LogP contribution in [-0.2, 0) is 16.8 Å². The summed E-state index contributed by atoms with van der Waals surface area (Å²) in [5.74, 6) is -1.82. The number of benzene rings is 1. The van der Waals surface area contributed by atoms with Crippen LogP contribution in [0.1, 0.15) is 49.3 Å². The number of nitrogens with two attached hydrogens (primary N) is 1. The number of pyridine rings is 1. The predicted octanol–water partition coefficient (Wildman–Crippen LogP) is 2.91. The SMILES string of the molecule is CC(C)(N)CNC(=O)c1nc(-c2nn(Cc3ccccc3F)c3ncc(F)cc23)nc2c1C(C)(C)C(=O)N2. The minimum atomic E-state index is -1.08. The number of nitrogens with zero attached hydrogens (tertiary/aromatic N) is 5. The lowest BCUT2D eigenvalue weighted by molar-refractivity contribution is -0.119. The number of halogens is 2. The number of aromatic nitrogens is 5. The van der Waals surface area contributed by atoms with Crippen LogP contribution in [0, 0.1) is 11.6 Å². The van der Waals surface area contributed by atoms with Gasteiger partial charge in [0.1, 0.15) is 28.8 Å². The molecule has 0 aliphatic carbocycles. The van der Waals surface area contributed by atoms with Crippen molar-refractivity contribution in [2.45, 2.75) is 45.2 Å². The molecule has 1 aliphatic heterocycles. The van der Waals surface area contributed by atoms with Gasteiger partial charge in [-0.2, -0.15) is 5.10 Å². The highest BCUT2D eigenvalue weighted by Gasteiger charge is 2.44. The lowest BCUT2D eigenvalue weighted by Crippen LogP contribution is -2.45. The van der Waals surface area contributed by atoms with Gasteiger partial charge in [-0.1, -0.05) is 18.2 Å². The quantitative estimate of drug-likeness (QED) is 0.355. The van der Waals surface area contributed by atoms with Crippen molar-refractivity contribution in [1.82, 2.24) is 30.0 Å². The zero-order valence-electron chi connectivity index (χ0n) is 21.3. The van der Waals surface area contributed by atoms with E-state index < -0.39 is 28.5 Å². The Kier molecular flexibility index (Phi) is 5.94. The average Bonchev–Trinajstić information content (AvgIpc) is 3.31.